The molecule has 15 heteroatoms. The zero-order chi connectivity index (χ0) is 15.3. The fourth-order valence-corrected chi connectivity index (χ4v) is 2.85. The fourth-order valence-electron chi connectivity index (χ4n) is 0.864. The Labute approximate surface area is 119 Å². The summed E-state index contributed by atoms with van der Waals surface area (Å²) in [6.45, 7) is 0. The average Bonchev–Trinajstić information content (AvgIpc) is 2.62. The number of hydrogen-bond acceptors (Lipinski definition) is 5. The minimum atomic E-state index is -6.33. The van der Waals surface area contributed by atoms with Crippen molar-refractivity contribution in [2.45, 2.75) is 16.2 Å². The molecule has 20 heavy (non-hydrogen) atoms. The van der Waals surface area contributed by atoms with Gasteiger partial charge >= 0.3 is 49.7 Å². The molecule has 1 rings (SSSR count). The molecule has 0 N–H and O–H groups in total. The molecule has 0 aliphatic rings. The van der Waals surface area contributed by atoms with Gasteiger partial charge in [0.1, 0.15) is 0 Å². The van der Waals surface area contributed by atoms with E-state index in [0.717, 1.165) is 0 Å². The number of rotatable bonds is 2. The third-order valence-corrected chi connectivity index (χ3v) is 4.58. The van der Waals surface area contributed by atoms with Crippen LogP contribution in [0.3, 0.4) is 0 Å². The first-order valence-electron chi connectivity index (χ1n) is 3.89. The van der Waals surface area contributed by atoms with Gasteiger partial charge in [-0.3, -0.25) is 0 Å². The Kier molecular flexibility index (Phi) is 5.06. The number of hydrogen-bond donors (Lipinski definition) is 0. The predicted molar refractivity (Wildman–Crippen MR) is 53.0 cm³/mol. The number of nitrogens with zero attached hydrogens (tertiary/aromatic N) is 2. The Balaban J connectivity index is 0.00000361. The summed E-state index contributed by atoms with van der Waals surface area (Å²) in [7, 11) is -12.7. The molecule has 0 aliphatic heterocycles. The Morgan fingerprint density at radius 2 is 1.40 bits per heavy atom. The average molecular weight is 340 g/mol. The first-order chi connectivity index (χ1) is 8.23. The van der Waals surface area contributed by atoms with Crippen LogP contribution in [-0.4, -0.2) is 55.7 Å². The summed E-state index contributed by atoms with van der Waals surface area (Å²) >= 11 is 0. The molecule has 6 nitrogen and oxygen atoms in total. The van der Waals surface area contributed by atoms with Crippen molar-refractivity contribution in [3.63, 3.8) is 0 Å². The molecule has 0 radical (unpaired) electrons. The molecule has 0 amide bonds. The van der Waals surface area contributed by atoms with E-state index in [0.29, 0.717) is 0 Å². The van der Waals surface area contributed by atoms with E-state index in [-0.39, 0.29) is 31.3 Å². The van der Waals surface area contributed by atoms with Gasteiger partial charge in [-0.2, -0.15) is 34.8 Å². The quantitative estimate of drug-likeness (QED) is 0.568. The van der Waals surface area contributed by atoms with E-state index in [4.69, 9.17) is 0 Å². The van der Waals surface area contributed by atoms with Gasteiger partial charge < -0.3 is 0 Å². The van der Waals surface area contributed by atoms with Gasteiger partial charge in [0.25, 0.3) is 5.16 Å². The van der Waals surface area contributed by atoms with E-state index in [1.54, 1.807) is 0 Å². The summed E-state index contributed by atoms with van der Waals surface area (Å²) in [5.74, 6) is 0. The fraction of sp³-hybridized carbons (Fsp3) is 0.400. The van der Waals surface area contributed by atoms with Crippen LogP contribution < -0.4 is 0 Å². The number of aromatic nitrogens is 2. The number of alkyl halides is 6. The number of imidazole rings is 1. The Morgan fingerprint density at radius 3 is 1.75 bits per heavy atom. The third-order valence-electron chi connectivity index (χ3n) is 1.67. The zero-order valence-corrected chi connectivity index (χ0v) is 9.90. The van der Waals surface area contributed by atoms with Gasteiger partial charge in [-0.15, -0.1) is 0 Å². The Morgan fingerprint density at radius 1 is 0.950 bits per heavy atom. The normalized spacial score (nSPS) is 13.9. The van der Waals surface area contributed by atoms with Crippen molar-refractivity contribution in [3.05, 3.63) is 12.4 Å². The van der Waals surface area contributed by atoms with Crippen LogP contribution in [0.5, 0.6) is 0 Å². The third kappa shape index (κ3) is 2.97. The van der Waals surface area contributed by atoms with E-state index >= 15 is 0 Å². The topological polar surface area (TPSA) is 86.1 Å². The molecule has 1 heterocycles. The number of halogens is 6. The van der Waals surface area contributed by atoms with Crippen LogP contribution in [0.4, 0.5) is 26.3 Å². The standard InChI is InChI=1S/C5H2F6N2O4S2.Li.H/c6-4(7,8)18(14,15)3-12-1-2-13(3)19(16,17)5(9,10)11;;/h1-2H;;. The monoisotopic (exact) mass is 340 g/mol. The molecule has 0 fully saturated rings. The molecule has 0 spiro atoms. The van der Waals surface area contributed by atoms with Crippen LogP contribution in [0, 0.1) is 0 Å². The van der Waals surface area contributed by atoms with Crippen molar-refractivity contribution in [2.75, 3.05) is 0 Å². The number of sulfone groups is 1. The second-order valence-corrected chi connectivity index (χ2v) is 6.55. The minimum absolute atomic E-state index is 0. The molecule has 1 aromatic rings. The second-order valence-electron chi connectivity index (χ2n) is 2.91. The van der Waals surface area contributed by atoms with Gasteiger partial charge in [-0.1, -0.05) is 0 Å². The van der Waals surface area contributed by atoms with Crippen molar-refractivity contribution in [1.82, 2.24) is 8.96 Å². The van der Waals surface area contributed by atoms with Crippen molar-refractivity contribution in [1.29, 1.82) is 0 Å². The van der Waals surface area contributed by atoms with Gasteiger partial charge in [-0.25, -0.2) is 17.4 Å². The molecule has 0 atom stereocenters. The molecule has 112 valence electrons. The molecule has 0 saturated heterocycles. The summed E-state index contributed by atoms with van der Waals surface area (Å²) in [6.07, 6.45) is 0.128. The maximum atomic E-state index is 12.1. The van der Waals surface area contributed by atoms with Gasteiger partial charge in [0.05, 0.1) is 0 Å². The summed E-state index contributed by atoms with van der Waals surface area (Å²) < 4.78 is 115. The molecule has 1 aromatic heterocycles. The predicted octanol–water partition coefficient (Wildman–Crippen LogP) is 0.226. The van der Waals surface area contributed by atoms with Crippen LogP contribution in [0.15, 0.2) is 17.6 Å². The Bertz CT molecular complexity index is 629. The summed E-state index contributed by atoms with van der Waals surface area (Å²) in [5.41, 5.74) is -12.0. The first kappa shape index (κ1) is 19.3. The molecule has 0 unspecified atom stereocenters. The van der Waals surface area contributed by atoms with Crippen molar-refractivity contribution in [2.24, 2.45) is 0 Å². The van der Waals surface area contributed by atoms with Crippen LogP contribution in [0.2, 0.25) is 0 Å². The van der Waals surface area contributed by atoms with Crippen molar-refractivity contribution >= 4 is 38.7 Å². The molecule has 0 bridgehead atoms. The van der Waals surface area contributed by atoms with Crippen LogP contribution in [0.1, 0.15) is 0 Å². The van der Waals surface area contributed by atoms with Crippen LogP contribution >= 0.6 is 0 Å². The van der Waals surface area contributed by atoms with Crippen LogP contribution in [0.25, 0.3) is 0 Å². The van der Waals surface area contributed by atoms with Gasteiger partial charge in [0, 0.05) is 12.4 Å². The summed E-state index contributed by atoms with van der Waals surface area (Å²) in [6, 6.07) is 0. The van der Waals surface area contributed by atoms with E-state index in [1.165, 1.54) is 0 Å². The molecular weight excluding hydrogens is 337 g/mol. The van der Waals surface area contributed by atoms with Crippen molar-refractivity contribution in [3.8, 4) is 0 Å². The summed E-state index contributed by atoms with van der Waals surface area (Å²) in [5, 5.41) is -2.28. The van der Waals surface area contributed by atoms with E-state index in [2.05, 4.69) is 4.98 Å². The summed E-state index contributed by atoms with van der Waals surface area (Å²) in [4.78, 5) is 2.51. The van der Waals surface area contributed by atoms with Gasteiger partial charge in [-0.05, 0) is 0 Å². The zero-order valence-electron chi connectivity index (χ0n) is 8.27. The molecule has 0 saturated carbocycles. The second kappa shape index (κ2) is 5.24. The van der Waals surface area contributed by atoms with Crippen molar-refractivity contribution < 1.29 is 43.2 Å². The first-order valence-corrected chi connectivity index (χ1v) is 6.82. The molecule has 0 aromatic carbocycles. The van der Waals surface area contributed by atoms with Crippen LogP contribution in [-0.2, 0) is 19.9 Å². The SMILES string of the molecule is O=S(=O)(c1nccn1S(=O)(=O)C(F)(F)F)C(F)(F)F.[LiH]. The van der Waals surface area contributed by atoms with Gasteiger partial charge in [0.15, 0.2) is 0 Å². The molecular formula is C5H3F6LiN2O4S2. The maximum absolute atomic E-state index is 12.1. The van der Waals surface area contributed by atoms with E-state index in [1.807, 2.05) is 0 Å². The van der Waals surface area contributed by atoms with Gasteiger partial charge in [0.2, 0.25) is 0 Å². The Hall–Kier alpha value is -0.713. The van der Waals surface area contributed by atoms with E-state index < -0.39 is 40.0 Å². The molecule has 0 aliphatic carbocycles. The van der Waals surface area contributed by atoms with E-state index in [9.17, 15) is 43.2 Å².